The topological polar surface area (TPSA) is 181 Å². The highest BCUT2D eigenvalue weighted by Crippen LogP contribution is 2.17. The predicted octanol–water partition coefficient (Wildman–Crippen LogP) is 0.996. The Hall–Kier alpha value is -4.78. The summed E-state index contributed by atoms with van der Waals surface area (Å²) in [5.41, 5.74) is 0.867. The number of carboxylic acid groups (broad SMARTS) is 1. The van der Waals surface area contributed by atoms with E-state index in [1.165, 1.54) is 30.3 Å². The lowest BCUT2D eigenvalue weighted by Crippen LogP contribution is -2.31. The van der Waals surface area contributed by atoms with Gasteiger partial charge in [-0.25, -0.2) is 13.1 Å². The molecule has 1 aromatic heterocycles. The first-order valence-electron chi connectivity index (χ1n) is 11.1. The Morgan fingerprint density at radius 3 is 2.18 bits per heavy atom. The number of hydrogen-bond acceptors (Lipinski definition) is 8. The molecular weight excluding hydrogens is 516 g/mol. The van der Waals surface area contributed by atoms with Crippen molar-refractivity contribution in [3.05, 3.63) is 89.2 Å². The molecule has 3 aromatic rings. The molecule has 38 heavy (non-hydrogen) atoms. The number of aromatic nitrogens is 1. The van der Waals surface area contributed by atoms with Crippen LogP contribution in [0.25, 0.3) is 0 Å². The van der Waals surface area contributed by atoms with Crippen LogP contribution in [0.3, 0.4) is 0 Å². The van der Waals surface area contributed by atoms with E-state index < -0.39 is 40.3 Å². The molecule has 0 radical (unpaired) electrons. The van der Waals surface area contributed by atoms with E-state index in [9.17, 15) is 27.6 Å². The van der Waals surface area contributed by atoms with Crippen molar-refractivity contribution in [1.29, 1.82) is 0 Å². The highest BCUT2D eigenvalue weighted by Gasteiger charge is 2.20. The first-order chi connectivity index (χ1) is 18.1. The van der Waals surface area contributed by atoms with Gasteiger partial charge in [0.1, 0.15) is 18.0 Å². The van der Waals surface area contributed by atoms with E-state index in [0.717, 1.165) is 17.8 Å². The standard InChI is InChI=1S/C25H24N4O8S/c1-37-21-5-3-2-4-16(21)12-13-26-23(32)17-6-9-19(10-7-17)38(35,36)29-24(33)18-8-11-20(27-14-18)25(34)28-15-22(30)31/h2-11,14H,12-13,15H2,1H3,(H,26,32)(H,28,34)(H,29,33)(H,30,31). The van der Waals surface area contributed by atoms with Gasteiger partial charge >= 0.3 is 5.97 Å². The Morgan fingerprint density at radius 1 is 0.868 bits per heavy atom. The maximum absolute atomic E-state index is 12.6. The highest BCUT2D eigenvalue weighted by molar-refractivity contribution is 7.90. The second-order valence-electron chi connectivity index (χ2n) is 7.79. The summed E-state index contributed by atoms with van der Waals surface area (Å²) in [5.74, 6) is -2.68. The molecule has 0 bridgehead atoms. The summed E-state index contributed by atoms with van der Waals surface area (Å²) in [7, 11) is -2.71. The van der Waals surface area contributed by atoms with Gasteiger partial charge in [-0.1, -0.05) is 18.2 Å². The maximum atomic E-state index is 12.6. The second kappa shape index (κ2) is 12.5. The van der Waals surface area contributed by atoms with Gasteiger partial charge in [-0.2, -0.15) is 0 Å². The third kappa shape index (κ3) is 7.36. The fourth-order valence-electron chi connectivity index (χ4n) is 3.26. The molecular formula is C25H24N4O8S. The molecule has 1 heterocycles. The van der Waals surface area contributed by atoms with Crippen LogP contribution >= 0.6 is 0 Å². The van der Waals surface area contributed by atoms with Gasteiger partial charge in [-0.05, 0) is 54.4 Å². The smallest absolute Gasteiger partial charge is 0.322 e. The summed E-state index contributed by atoms with van der Waals surface area (Å²) in [6.45, 7) is -0.270. The molecule has 12 nitrogen and oxygen atoms in total. The van der Waals surface area contributed by atoms with Crippen molar-refractivity contribution in [2.75, 3.05) is 20.2 Å². The largest absolute Gasteiger partial charge is 0.496 e. The number of carboxylic acids is 1. The van der Waals surface area contributed by atoms with Crippen LogP contribution in [0.4, 0.5) is 0 Å². The normalized spacial score (nSPS) is 10.8. The summed E-state index contributed by atoms with van der Waals surface area (Å²) in [6.07, 6.45) is 1.52. The zero-order valence-electron chi connectivity index (χ0n) is 20.1. The van der Waals surface area contributed by atoms with Crippen molar-refractivity contribution in [2.45, 2.75) is 11.3 Å². The molecule has 0 unspecified atom stereocenters. The van der Waals surface area contributed by atoms with Gasteiger partial charge in [0.25, 0.3) is 27.7 Å². The minimum absolute atomic E-state index is 0.144. The molecule has 0 spiro atoms. The average molecular weight is 541 g/mol. The molecule has 0 saturated heterocycles. The summed E-state index contributed by atoms with van der Waals surface area (Å²) in [4.78, 5) is 50.7. The number of methoxy groups -OCH3 is 1. The van der Waals surface area contributed by atoms with Crippen LogP contribution in [-0.2, 0) is 21.2 Å². The lowest BCUT2D eigenvalue weighted by Gasteiger charge is -2.10. The van der Waals surface area contributed by atoms with Crippen molar-refractivity contribution in [2.24, 2.45) is 0 Å². The van der Waals surface area contributed by atoms with E-state index in [1.807, 2.05) is 29.0 Å². The predicted molar refractivity (Wildman–Crippen MR) is 134 cm³/mol. The number of nitrogens with one attached hydrogen (secondary N) is 3. The zero-order valence-corrected chi connectivity index (χ0v) is 20.9. The average Bonchev–Trinajstić information content (AvgIpc) is 2.91. The number of ether oxygens (including phenoxy) is 1. The van der Waals surface area contributed by atoms with Gasteiger partial charge in [-0.15, -0.1) is 0 Å². The summed E-state index contributed by atoms with van der Waals surface area (Å²) in [6, 6.07) is 14.8. The Morgan fingerprint density at radius 2 is 1.55 bits per heavy atom. The Kier molecular flexibility index (Phi) is 9.11. The molecule has 3 amide bonds. The first-order valence-corrected chi connectivity index (χ1v) is 12.6. The summed E-state index contributed by atoms with van der Waals surface area (Å²) >= 11 is 0. The summed E-state index contributed by atoms with van der Waals surface area (Å²) < 4.78 is 32.4. The number of aliphatic carboxylic acids is 1. The molecule has 0 fully saturated rings. The van der Waals surface area contributed by atoms with Gasteiger partial charge in [0.15, 0.2) is 0 Å². The van der Waals surface area contributed by atoms with Gasteiger partial charge in [0, 0.05) is 18.3 Å². The van der Waals surface area contributed by atoms with Crippen LogP contribution in [0.2, 0.25) is 0 Å². The van der Waals surface area contributed by atoms with Crippen molar-refractivity contribution >= 4 is 33.7 Å². The summed E-state index contributed by atoms with van der Waals surface area (Å²) in [5, 5.41) is 13.5. The van der Waals surface area contributed by atoms with Crippen molar-refractivity contribution in [1.82, 2.24) is 20.3 Å². The molecule has 0 aliphatic heterocycles. The van der Waals surface area contributed by atoms with Crippen LogP contribution in [0.1, 0.15) is 36.8 Å². The van der Waals surface area contributed by atoms with Crippen LogP contribution in [0.15, 0.2) is 71.8 Å². The fourth-order valence-corrected chi connectivity index (χ4v) is 4.23. The second-order valence-corrected chi connectivity index (χ2v) is 9.47. The Bertz CT molecular complexity index is 1440. The minimum Gasteiger partial charge on any atom is -0.496 e. The van der Waals surface area contributed by atoms with Gasteiger partial charge in [0.2, 0.25) is 0 Å². The zero-order chi connectivity index (χ0) is 27.7. The van der Waals surface area contributed by atoms with E-state index in [4.69, 9.17) is 9.84 Å². The molecule has 0 saturated carbocycles. The lowest BCUT2D eigenvalue weighted by atomic mass is 10.1. The number of benzene rings is 2. The van der Waals surface area contributed by atoms with E-state index >= 15 is 0 Å². The number of sulfonamides is 1. The monoisotopic (exact) mass is 540 g/mol. The van der Waals surface area contributed by atoms with Crippen LogP contribution in [0, 0.1) is 0 Å². The number of para-hydroxylation sites is 1. The molecule has 198 valence electrons. The van der Waals surface area contributed by atoms with E-state index in [2.05, 4.69) is 15.6 Å². The number of rotatable bonds is 11. The molecule has 0 aliphatic carbocycles. The molecule has 0 aliphatic rings. The maximum Gasteiger partial charge on any atom is 0.322 e. The molecule has 13 heteroatoms. The van der Waals surface area contributed by atoms with Gasteiger partial charge in [0.05, 0.1) is 17.6 Å². The molecule has 3 rings (SSSR count). The van der Waals surface area contributed by atoms with Gasteiger partial charge in [-0.3, -0.25) is 24.2 Å². The van der Waals surface area contributed by atoms with Crippen molar-refractivity contribution in [3.8, 4) is 5.75 Å². The third-order valence-electron chi connectivity index (χ3n) is 5.18. The van der Waals surface area contributed by atoms with Crippen LogP contribution in [0.5, 0.6) is 5.75 Å². The van der Waals surface area contributed by atoms with E-state index in [1.54, 1.807) is 7.11 Å². The number of carbonyl (C=O) groups excluding carboxylic acids is 3. The van der Waals surface area contributed by atoms with E-state index in [-0.39, 0.29) is 21.7 Å². The lowest BCUT2D eigenvalue weighted by molar-refractivity contribution is -0.135. The molecule has 2 aromatic carbocycles. The third-order valence-corrected chi connectivity index (χ3v) is 6.53. The Balaban J connectivity index is 1.57. The molecule has 4 N–H and O–H groups in total. The van der Waals surface area contributed by atoms with E-state index in [0.29, 0.717) is 18.7 Å². The Labute approximate surface area is 218 Å². The fraction of sp³-hybridized carbons (Fsp3) is 0.160. The number of carbonyl (C=O) groups is 4. The molecule has 0 atom stereocenters. The number of hydrogen-bond donors (Lipinski definition) is 4. The van der Waals surface area contributed by atoms with Gasteiger partial charge < -0.3 is 20.5 Å². The van der Waals surface area contributed by atoms with Crippen molar-refractivity contribution < 1.29 is 37.4 Å². The first kappa shape index (κ1) is 27.8. The van der Waals surface area contributed by atoms with Crippen LogP contribution in [-0.4, -0.2) is 62.4 Å². The SMILES string of the molecule is COc1ccccc1CCNC(=O)c1ccc(S(=O)(=O)NC(=O)c2ccc(C(=O)NCC(=O)O)nc2)cc1. The number of amides is 3. The quantitative estimate of drug-likeness (QED) is 0.276. The number of pyridine rings is 1. The minimum atomic E-state index is -4.27. The van der Waals surface area contributed by atoms with Crippen LogP contribution < -0.4 is 20.1 Å². The highest BCUT2D eigenvalue weighted by atomic mass is 32.2. The van der Waals surface area contributed by atoms with Crippen molar-refractivity contribution in [3.63, 3.8) is 0 Å². The number of nitrogens with zero attached hydrogens (tertiary/aromatic N) is 1.